The monoisotopic (exact) mass is 256 g/mol. The van der Waals surface area contributed by atoms with Gasteiger partial charge in [0.05, 0.1) is 0 Å². The van der Waals surface area contributed by atoms with E-state index in [0.29, 0.717) is 0 Å². The van der Waals surface area contributed by atoms with Gasteiger partial charge in [0.25, 0.3) is 0 Å². The summed E-state index contributed by atoms with van der Waals surface area (Å²) >= 11 is 0. The summed E-state index contributed by atoms with van der Waals surface area (Å²) in [5, 5.41) is 0. The summed E-state index contributed by atoms with van der Waals surface area (Å²) in [5.74, 6) is 1.04. The van der Waals surface area contributed by atoms with Crippen LogP contribution in [-0.2, 0) is 24.0 Å². The second-order valence-corrected chi connectivity index (χ2v) is 3.02. The standard InChI is InChI=1S/C7H14.Al.HO2P.Zn.2H/c1-7-5-3-2-4-6-7;;1-3-2;;;/h7H,2-6H2,1H3;;3H;;;/p+1. The van der Waals surface area contributed by atoms with E-state index in [2.05, 4.69) is 6.92 Å². The first-order valence-corrected chi connectivity index (χ1v) is 4.68. The van der Waals surface area contributed by atoms with Gasteiger partial charge >= 0.3 is 8.69 Å². The van der Waals surface area contributed by atoms with Gasteiger partial charge in [-0.05, 0) is 10.5 Å². The zero-order valence-corrected chi connectivity index (χ0v) is 14.1. The molecule has 5 heteroatoms. The first-order chi connectivity index (χ1) is 4.81. The zero-order valence-electron chi connectivity index (χ0n) is 8.18. The predicted molar refractivity (Wildman–Crippen MR) is 52.0 cm³/mol. The van der Waals surface area contributed by atoms with Crippen molar-refractivity contribution in [2.75, 3.05) is 0 Å². The van der Waals surface area contributed by atoms with E-state index in [4.69, 9.17) is 9.46 Å². The summed E-state index contributed by atoms with van der Waals surface area (Å²) in [6.45, 7) is 2.36. The van der Waals surface area contributed by atoms with Crippen molar-refractivity contribution in [3.63, 3.8) is 0 Å². The van der Waals surface area contributed by atoms with Crippen molar-refractivity contribution in [1.29, 1.82) is 0 Å². The molecule has 0 heterocycles. The summed E-state index contributed by atoms with van der Waals surface area (Å²) < 4.78 is 8.51. The second-order valence-electron chi connectivity index (χ2n) is 2.83. The molecule has 0 aliphatic heterocycles. The minimum Gasteiger partial charge on any atom is -0.162 e. The van der Waals surface area contributed by atoms with Crippen LogP contribution < -0.4 is 0 Å². The topological polar surface area (TPSA) is 37.3 Å². The van der Waals surface area contributed by atoms with E-state index in [1.807, 2.05) is 0 Å². The van der Waals surface area contributed by atoms with E-state index in [-0.39, 0.29) is 36.8 Å². The molecule has 1 unspecified atom stereocenters. The Balaban J connectivity index is -0.000000146. The third kappa shape index (κ3) is 13.8. The molecule has 0 amide bonds. The van der Waals surface area contributed by atoms with Gasteiger partial charge in [0.2, 0.25) is 0 Å². The van der Waals surface area contributed by atoms with E-state index >= 15 is 0 Å². The molecule has 12 heavy (non-hydrogen) atoms. The van der Waals surface area contributed by atoms with Crippen LogP contribution in [-0.4, -0.2) is 22.3 Å². The van der Waals surface area contributed by atoms with Crippen molar-refractivity contribution < 1.29 is 28.9 Å². The number of rotatable bonds is 0. The molecule has 1 fully saturated rings. The maximum atomic E-state index is 8.51. The predicted octanol–water partition coefficient (Wildman–Crippen LogP) is 1.59. The van der Waals surface area contributed by atoms with Crippen LogP contribution in [0, 0.1) is 5.92 Å². The van der Waals surface area contributed by atoms with Crippen LogP contribution in [0.3, 0.4) is 0 Å². The Morgan fingerprint density at radius 3 is 1.75 bits per heavy atom. The molecule has 1 aliphatic carbocycles. The van der Waals surface area contributed by atoms with Gasteiger partial charge < -0.3 is 0 Å². The third-order valence-electron chi connectivity index (χ3n) is 1.89. The molecule has 2 nitrogen and oxygen atoms in total. The zero-order chi connectivity index (χ0) is 7.82. The van der Waals surface area contributed by atoms with Crippen LogP contribution in [0.2, 0.25) is 0 Å². The molecule has 0 spiro atoms. The largest absolute Gasteiger partial charge is 0.491 e. The molecule has 1 aliphatic rings. The summed E-state index contributed by atoms with van der Waals surface area (Å²) in [7, 11) is -1.17. The first-order valence-electron chi connectivity index (χ1n) is 3.82. The van der Waals surface area contributed by atoms with Gasteiger partial charge in [-0.25, -0.2) is 0 Å². The molecule has 1 N–H and O–H groups in total. The normalized spacial score (nSPS) is 16.5. The Hall–Kier alpha value is 1.22. The van der Waals surface area contributed by atoms with E-state index in [1.54, 1.807) is 0 Å². The average molecular weight is 258 g/mol. The molecule has 1 atom stereocenters. The Bertz CT molecular complexity index is 89.5. The Labute approximate surface area is 99.7 Å². The maximum Gasteiger partial charge on any atom is 0.491 e. The van der Waals surface area contributed by atoms with Crippen LogP contribution in [0.1, 0.15) is 39.0 Å². The quantitative estimate of drug-likeness (QED) is 0.528. The minimum atomic E-state index is -1.17. The van der Waals surface area contributed by atoms with Gasteiger partial charge in [-0.2, -0.15) is 4.89 Å². The molecule has 1 radical (unpaired) electrons. The molecule has 1 saturated carbocycles. The SMILES string of the molecule is CC1CCCCC1.O=[PH+]O.[AlH2].[Zn]. The maximum absolute atomic E-state index is 8.51. The van der Waals surface area contributed by atoms with Crippen molar-refractivity contribution in [3.8, 4) is 0 Å². The molecular formula is C7H18AlO2PZn+. The van der Waals surface area contributed by atoms with Crippen molar-refractivity contribution in [1.82, 2.24) is 0 Å². The van der Waals surface area contributed by atoms with Crippen LogP contribution in [0.25, 0.3) is 0 Å². The third-order valence-corrected chi connectivity index (χ3v) is 1.89. The van der Waals surface area contributed by atoms with E-state index in [1.165, 1.54) is 32.1 Å². The van der Waals surface area contributed by atoms with E-state index in [9.17, 15) is 0 Å². The number of hydrogen-bond donors (Lipinski definition) is 1. The van der Waals surface area contributed by atoms with Gasteiger partial charge in [0.1, 0.15) is 17.4 Å². The van der Waals surface area contributed by atoms with Crippen LogP contribution in [0.5, 0.6) is 0 Å². The molecule has 1 rings (SSSR count). The molecule has 0 bridgehead atoms. The fourth-order valence-electron chi connectivity index (χ4n) is 1.31. The van der Waals surface area contributed by atoms with Crippen molar-refractivity contribution in [2.45, 2.75) is 39.0 Å². The summed E-state index contributed by atoms with van der Waals surface area (Å²) in [5.41, 5.74) is 0. The smallest absolute Gasteiger partial charge is 0.162 e. The van der Waals surface area contributed by atoms with Crippen molar-refractivity contribution >= 4 is 26.0 Å². The van der Waals surface area contributed by atoms with Crippen molar-refractivity contribution in [3.05, 3.63) is 0 Å². The Kier molecular flexibility index (Phi) is 23.2. The van der Waals surface area contributed by atoms with Gasteiger partial charge in [-0.1, -0.05) is 39.0 Å². The summed E-state index contributed by atoms with van der Waals surface area (Å²) in [6.07, 6.45) is 7.44. The van der Waals surface area contributed by atoms with Gasteiger partial charge in [-0.3, -0.25) is 0 Å². The molecular weight excluding hydrogens is 239 g/mol. The van der Waals surface area contributed by atoms with Crippen LogP contribution in [0.15, 0.2) is 0 Å². The summed E-state index contributed by atoms with van der Waals surface area (Å²) in [6, 6.07) is 0. The van der Waals surface area contributed by atoms with Gasteiger partial charge in [-0.15, -0.1) is 0 Å². The van der Waals surface area contributed by atoms with Crippen molar-refractivity contribution in [2.24, 2.45) is 5.92 Å². The molecule has 0 aromatic carbocycles. The van der Waals surface area contributed by atoms with Gasteiger partial charge in [0, 0.05) is 19.5 Å². The number of hydrogen-bond acceptors (Lipinski definition) is 1. The Morgan fingerprint density at radius 2 is 1.58 bits per heavy atom. The van der Waals surface area contributed by atoms with Gasteiger partial charge in [0.15, 0.2) is 0 Å². The van der Waals surface area contributed by atoms with Crippen LogP contribution >= 0.6 is 8.69 Å². The minimum absolute atomic E-state index is 0. The molecule has 67 valence electrons. The van der Waals surface area contributed by atoms with E-state index < -0.39 is 8.69 Å². The van der Waals surface area contributed by atoms with Crippen LogP contribution in [0.4, 0.5) is 0 Å². The second kappa shape index (κ2) is 14.7. The first kappa shape index (κ1) is 18.9. The Morgan fingerprint density at radius 1 is 1.25 bits per heavy atom. The molecule has 0 aromatic heterocycles. The fraction of sp³-hybridized carbons (Fsp3) is 1.00. The summed E-state index contributed by atoms with van der Waals surface area (Å²) in [4.78, 5) is 7.04. The fourth-order valence-corrected chi connectivity index (χ4v) is 1.31. The van der Waals surface area contributed by atoms with E-state index in [0.717, 1.165) is 5.92 Å². The molecule has 0 aromatic rings. The molecule has 0 saturated heterocycles. The average Bonchev–Trinajstić information content (AvgIpc) is 1.91.